The quantitative estimate of drug-likeness (QED) is 0.876. The molecule has 0 fully saturated rings. The third-order valence-electron chi connectivity index (χ3n) is 2.96. The Bertz CT molecular complexity index is 511. The fraction of sp³-hybridized carbons (Fsp3) is 0.500. The first-order chi connectivity index (χ1) is 8.13. The van der Waals surface area contributed by atoms with Gasteiger partial charge in [0, 0.05) is 18.7 Å². The maximum atomic E-state index is 4.77. The fourth-order valence-corrected chi connectivity index (χ4v) is 2.06. The number of nitrogens with zero attached hydrogens (tertiary/aromatic N) is 2. The van der Waals surface area contributed by atoms with Crippen molar-refractivity contribution < 1.29 is 0 Å². The molecule has 0 atom stereocenters. The molecule has 0 aliphatic rings. The molecule has 1 N–H and O–H groups in total. The number of hydrogen-bond donors (Lipinski definition) is 1. The number of hydrogen-bond acceptors (Lipinski definition) is 2. The first-order valence-corrected chi connectivity index (χ1v) is 6.31. The molecular weight excluding hydrogens is 210 g/mol. The Morgan fingerprint density at radius 1 is 1.41 bits per heavy atom. The maximum Gasteiger partial charge on any atom is 0.116 e. The van der Waals surface area contributed by atoms with Crippen molar-refractivity contribution in [3.05, 3.63) is 35.4 Å². The van der Waals surface area contributed by atoms with Gasteiger partial charge in [-0.25, -0.2) is 4.98 Å². The van der Waals surface area contributed by atoms with E-state index in [0.29, 0.717) is 5.92 Å². The highest BCUT2D eigenvalue weighted by Crippen LogP contribution is 2.20. The van der Waals surface area contributed by atoms with E-state index < -0.39 is 0 Å². The van der Waals surface area contributed by atoms with E-state index in [-0.39, 0.29) is 0 Å². The highest BCUT2D eigenvalue weighted by Gasteiger charge is 2.12. The summed E-state index contributed by atoms with van der Waals surface area (Å²) in [6, 6.07) is 4.35. The summed E-state index contributed by atoms with van der Waals surface area (Å²) in [4.78, 5) is 4.77. The first-order valence-electron chi connectivity index (χ1n) is 6.31. The van der Waals surface area contributed by atoms with Crippen molar-refractivity contribution in [2.45, 2.75) is 40.2 Å². The van der Waals surface area contributed by atoms with E-state index in [0.717, 1.165) is 24.6 Å². The molecule has 0 radical (unpaired) electrons. The normalized spacial score (nSPS) is 11.6. The van der Waals surface area contributed by atoms with Crippen molar-refractivity contribution in [1.29, 1.82) is 0 Å². The summed E-state index contributed by atoms with van der Waals surface area (Å²) in [7, 11) is 0. The zero-order valence-electron chi connectivity index (χ0n) is 11.1. The molecule has 0 amide bonds. The van der Waals surface area contributed by atoms with Crippen LogP contribution in [0.5, 0.6) is 0 Å². The van der Waals surface area contributed by atoms with Gasteiger partial charge in [0.15, 0.2) is 0 Å². The number of nitrogens with one attached hydrogen (secondary N) is 1. The monoisotopic (exact) mass is 231 g/mol. The van der Waals surface area contributed by atoms with Crippen molar-refractivity contribution >= 4 is 5.52 Å². The van der Waals surface area contributed by atoms with Crippen LogP contribution in [-0.4, -0.2) is 15.9 Å². The van der Waals surface area contributed by atoms with Crippen LogP contribution < -0.4 is 5.32 Å². The highest BCUT2D eigenvalue weighted by molar-refractivity contribution is 5.55. The summed E-state index contributed by atoms with van der Waals surface area (Å²) in [5, 5.41) is 3.35. The second-order valence-electron chi connectivity index (χ2n) is 4.81. The molecule has 3 nitrogen and oxygen atoms in total. The van der Waals surface area contributed by atoms with Crippen molar-refractivity contribution in [1.82, 2.24) is 14.7 Å². The van der Waals surface area contributed by atoms with Gasteiger partial charge < -0.3 is 9.72 Å². The maximum absolute atomic E-state index is 4.77. The molecule has 2 aromatic rings. The smallest absolute Gasteiger partial charge is 0.116 e. The van der Waals surface area contributed by atoms with Gasteiger partial charge in [0.25, 0.3) is 0 Å². The molecule has 0 spiro atoms. The molecule has 0 unspecified atom stereocenters. The number of aromatic nitrogens is 2. The molecule has 3 heteroatoms. The van der Waals surface area contributed by atoms with Gasteiger partial charge >= 0.3 is 0 Å². The minimum absolute atomic E-state index is 0.445. The molecular formula is C14H21N3. The van der Waals surface area contributed by atoms with Crippen LogP contribution in [0.4, 0.5) is 0 Å². The summed E-state index contributed by atoms with van der Waals surface area (Å²) in [5.41, 5.74) is 3.67. The Labute approximate surface area is 103 Å². The van der Waals surface area contributed by atoms with Crippen LogP contribution in [0.2, 0.25) is 0 Å². The average molecular weight is 231 g/mol. The predicted octanol–water partition coefficient (Wildman–Crippen LogP) is 2.88. The van der Waals surface area contributed by atoms with Crippen molar-refractivity contribution in [2.24, 2.45) is 0 Å². The lowest BCUT2D eigenvalue weighted by Crippen LogP contribution is -2.12. The minimum Gasteiger partial charge on any atom is -0.311 e. The summed E-state index contributed by atoms with van der Waals surface area (Å²) in [6.07, 6.45) is 2.13. The van der Waals surface area contributed by atoms with E-state index in [1.54, 1.807) is 0 Å². The number of rotatable bonds is 4. The lowest BCUT2D eigenvalue weighted by Gasteiger charge is -2.04. The Hall–Kier alpha value is -1.35. The standard InChI is InChI=1S/C14H21N3/c1-5-15-9-12-13-8-11(4)6-7-17(13)14(16-12)10(2)3/h6-8,10,15H,5,9H2,1-4H3. The van der Waals surface area contributed by atoms with E-state index in [1.807, 2.05) is 0 Å². The van der Waals surface area contributed by atoms with Gasteiger partial charge in [0.05, 0.1) is 11.2 Å². The SMILES string of the molecule is CCNCc1nc(C(C)C)n2ccc(C)cc12. The summed E-state index contributed by atoms with van der Waals surface area (Å²) in [5.74, 6) is 1.59. The van der Waals surface area contributed by atoms with Crippen LogP contribution in [-0.2, 0) is 6.54 Å². The summed E-state index contributed by atoms with van der Waals surface area (Å²) in [6.45, 7) is 10.4. The van der Waals surface area contributed by atoms with Crippen LogP contribution in [0.15, 0.2) is 18.3 Å². The van der Waals surface area contributed by atoms with Crippen LogP contribution in [0, 0.1) is 6.92 Å². The molecule has 2 rings (SSSR count). The number of pyridine rings is 1. The second kappa shape index (κ2) is 4.88. The van der Waals surface area contributed by atoms with Gasteiger partial charge in [0.1, 0.15) is 5.82 Å². The molecule has 2 aromatic heterocycles. The number of imidazole rings is 1. The zero-order valence-corrected chi connectivity index (χ0v) is 11.1. The highest BCUT2D eigenvalue weighted by atomic mass is 15.0. The van der Waals surface area contributed by atoms with Gasteiger partial charge in [-0.05, 0) is 31.2 Å². The van der Waals surface area contributed by atoms with Crippen LogP contribution in [0.3, 0.4) is 0 Å². The van der Waals surface area contributed by atoms with E-state index in [9.17, 15) is 0 Å². The average Bonchev–Trinajstić information content (AvgIpc) is 2.64. The van der Waals surface area contributed by atoms with Gasteiger partial charge in [-0.15, -0.1) is 0 Å². The van der Waals surface area contributed by atoms with E-state index in [4.69, 9.17) is 4.98 Å². The molecule has 2 heterocycles. The minimum atomic E-state index is 0.445. The van der Waals surface area contributed by atoms with Gasteiger partial charge in [-0.1, -0.05) is 20.8 Å². The Kier molecular flexibility index (Phi) is 3.48. The third-order valence-corrected chi connectivity index (χ3v) is 2.96. The molecule has 0 saturated carbocycles. The summed E-state index contributed by atoms with van der Waals surface area (Å²) < 4.78 is 2.21. The Balaban J connectivity index is 2.54. The van der Waals surface area contributed by atoms with E-state index in [2.05, 4.69) is 55.7 Å². The van der Waals surface area contributed by atoms with Crippen LogP contribution in [0.25, 0.3) is 5.52 Å². The van der Waals surface area contributed by atoms with E-state index >= 15 is 0 Å². The lowest BCUT2D eigenvalue weighted by molar-refractivity contribution is 0.707. The van der Waals surface area contributed by atoms with Gasteiger partial charge in [-0.3, -0.25) is 0 Å². The van der Waals surface area contributed by atoms with Gasteiger partial charge in [-0.2, -0.15) is 0 Å². The molecule has 0 bridgehead atoms. The van der Waals surface area contributed by atoms with Crippen molar-refractivity contribution in [2.75, 3.05) is 6.54 Å². The molecule has 17 heavy (non-hydrogen) atoms. The second-order valence-corrected chi connectivity index (χ2v) is 4.81. The van der Waals surface area contributed by atoms with Gasteiger partial charge in [0.2, 0.25) is 0 Å². The van der Waals surface area contributed by atoms with Crippen molar-refractivity contribution in [3.8, 4) is 0 Å². The predicted molar refractivity (Wildman–Crippen MR) is 71.4 cm³/mol. The molecule has 0 aliphatic carbocycles. The Morgan fingerprint density at radius 3 is 2.82 bits per heavy atom. The molecule has 92 valence electrons. The fourth-order valence-electron chi connectivity index (χ4n) is 2.06. The summed E-state index contributed by atoms with van der Waals surface area (Å²) >= 11 is 0. The molecule has 0 aromatic carbocycles. The van der Waals surface area contributed by atoms with E-state index in [1.165, 1.54) is 11.1 Å². The number of aryl methyl sites for hydroxylation is 1. The van der Waals surface area contributed by atoms with Crippen LogP contribution >= 0.6 is 0 Å². The van der Waals surface area contributed by atoms with Crippen molar-refractivity contribution in [3.63, 3.8) is 0 Å². The largest absolute Gasteiger partial charge is 0.311 e. The third kappa shape index (κ3) is 2.34. The Morgan fingerprint density at radius 2 is 2.18 bits per heavy atom. The number of fused-ring (bicyclic) bond motifs is 1. The first kappa shape index (κ1) is 12.1. The topological polar surface area (TPSA) is 29.3 Å². The van der Waals surface area contributed by atoms with Crippen LogP contribution in [0.1, 0.15) is 43.8 Å². The zero-order chi connectivity index (χ0) is 12.4. The lowest BCUT2D eigenvalue weighted by atomic mass is 10.2. The molecule has 0 saturated heterocycles. The molecule has 0 aliphatic heterocycles.